The minimum Gasteiger partial charge on any atom is -0.394 e. The van der Waals surface area contributed by atoms with Gasteiger partial charge in [0.25, 0.3) is 5.56 Å². The topological polar surface area (TPSA) is 140 Å². The van der Waals surface area contributed by atoms with E-state index in [1.807, 2.05) is 0 Å². The molecule has 15 heteroatoms. The van der Waals surface area contributed by atoms with E-state index in [2.05, 4.69) is 25.8 Å². The minimum atomic E-state index is -4.68. The van der Waals surface area contributed by atoms with Crippen LogP contribution in [0.3, 0.4) is 0 Å². The van der Waals surface area contributed by atoms with Crippen LogP contribution in [0.4, 0.5) is 19.1 Å². The summed E-state index contributed by atoms with van der Waals surface area (Å²) in [5, 5.41) is 23.2. The van der Waals surface area contributed by atoms with E-state index in [0.717, 1.165) is 16.8 Å². The summed E-state index contributed by atoms with van der Waals surface area (Å²) >= 11 is 5.67. The van der Waals surface area contributed by atoms with E-state index in [4.69, 9.17) is 16.3 Å². The number of tetrazole rings is 1. The predicted octanol–water partition coefficient (Wildman–Crippen LogP) is 1.25. The van der Waals surface area contributed by atoms with E-state index in [1.165, 1.54) is 23.8 Å². The Bertz CT molecular complexity index is 1290. The molecule has 1 fully saturated rings. The molecule has 0 bridgehead atoms. The van der Waals surface area contributed by atoms with Crippen molar-refractivity contribution < 1.29 is 23.0 Å². The molecule has 11 nitrogen and oxygen atoms in total. The lowest BCUT2D eigenvalue weighted by Crippen LogP contribution is -2.33. The summed E-state index contributed by atoms with van der Waals surface area (Å²) in [6.45, 7) is 1.10. The maximum Gasteiger partial charge on any atom is 0.417 e. The van der Waals surface area contributed by atoms with E-state index in [1.54, 1.807) is 0 Å². The molecule has 0 radical (unpaired) electrons. The molecule has 0 amide bonds. The number of aliphatic hydroxyl groups excluding tert-OH is 1. The summed E-state index contributed by atoms with van der Waals surface area (Å²) in [6.07, 6.45) is -4.78. The first kappa shape index (κ1) is 22.9. The third-order valence-electron chi connectivity index (χ3n) is 5.16. The number of H-pyrrole nitrogens is 1. The van der Waals surface area contributed by atoms with Crippen LogP contribution in [0.2, 0.25) is 5.02 Å². The van der Waals surface area contributed by atoms with Gasteiger partial charge in [-0.05, 0) is 35.5 Å². The Labute approximate surface area is 187 Å². The van der Waals surface area contributed by atoms with Crippen molar-refractivity contribution >= 4 is 17.5 Å². The highest BCUT2D eigenvalue weighted by atomic mass is 35.5. The molecule has 3 atom stereocenters. The average molecular weight is 488 g/mol. The van der Waals surface area contributed by atoms with Gasteiger partial charge in [-0.3, -0.25) is 14.3 Å². The summed E-state index contributed by atoms with van der Waals surface area (Å²) in [6, 6.07) is 2.60. The van der Waals surface area contributed by atoms with Gasteiger partial charge in [0.2, 0.25) is 5.95 Å². The standard InChI is InChI=1S/C18H17ClF3N7O4/c1-8-6-28(17(32)24-15(8)31)14-5-12(13(7-30)33-14)23-16-25-26-27-29(16)9-2-3-11(19)10(4-9)18(20,21)22/h2-4,6,12-14,30H,5,7H2,1H3,(H,23,25,27)(H,24,31,32)/t12-,13+,14+/m0/s1. The van der Waals surface area contributed by atoms with E-state index in [-0.39, 0.29) is 18.1 Å². The first-order valence-electron chi connectivity index (χ1n) is 9.59. The van der Waals surface area contributed by atoms with E-state index in [0.29, 0.717) is 5.56 Å². The van der Waals surface area contributed by atoms with Crippen molar-refractivity contribution in [3.8, 4) is 5.69 Å². The summed E-state index contributed by atoms with van der Waals surface area (Å²) in [5.41, 5.74) is -1.96. The number of rotatable bonds is 5. The van der Waals surface area contributed by atoms with Crippen molar-refractivity contribution in [1.29, 1.82) is 0 Å². The van der Waals surface area contributed by atoms with Crippen LogP contribution in [-0.4, -0.2) is 53.6 Å². The summed E-state index contributed by atoms with van der Waals surface area (Å²) < 4.78 is 47.7. The number of halogens is 4. The third kappa shape index (κ3) is 4.49. The highest BCUT2D eigenvalue weighted by Crippen LogP contribution is 2.36. The quantitative estimate of drug-likeness (QED) is 0.488. The zero-order chi connectivity index (χ0) is 23.9. The van der Waals surface area contributed by atoms with Gasteiger partial charge in [-0.15, -0.1) is 0 Å². The molecule has 0 unspecified atom stereocenters. The molecule has 0 spiro atoms. The zero-order valence-electron chi connectivity index (χ0n) is 16.9. The lowest BCUT2D eigenvalue weighted by atomic mass is 10.1. The number of alkyl halides is 3. The van der Waals surface area contributed by atoms with Crippen LogP contribution in [0.15, 0.2) is 34.0 Å². The summed E-state index contributed by atoms with van der Waals surface area (Å²) in [7, 11) is 0. The normalized spacial score (nSPS) is 20.8. The molecule has 33 heavy (non-hydrogen) atoms. The maximum absolute atomic E-state index is 13.2. The number of benzene rings is 1. The van der Waals surface area contributed by atoms with Crippen LogP contribution in [0.25, 0.3) is 5.69 Å². The van der Waals surface area contributed by atoms with Gasteiger partial charge in [-0.1, -0.05) is 16.7 Å². The second-order valence-corrected chi connectivity index (χ2v) is 7.76. The number of anilines is 1. The number of aliphatic hydroxyl groups is 1. The number of aryl methyl sites for hydroxylation is 1. The Morgan fingerprint density at radius 2 is 2.12 bits per heavy atom. The monoisotopic (exact) mass is 487 g/mol. The van der Waals surface area contributed by atoms with Crippen molar-refractivity contribution in [2.45, 2.75) is 37.9 Å². The highest BCUT2D eigenvalue weighted by Gasteiger charge is 2.38. The van der Waals surface area contributed by atoms with Crippen molar-refractivity contribution in [2.75, 3.05) is 11.9 Å². The van der Waals surface area contributed by atoms with Crippen molar-refractivity contribution in [3.63, 3.8) is 0 Å². The van der Waals surface area contributed by atoms with Gasteiger partial charge < -0.3 is 15.2 Å². The van der Waals surface area contributed by atoms with Crippen LogP contribution in [0.1, 0.15) is 23.8 Å². The second kappa shape index (κ2) is 8.61. The third-order valence-corrected chi connectivity index (χ3v) is 5.49. The number of nitrogens with zero attached hydrogens (tertiary/aromatic N) is 5. The van der Waals surface area contributed by atoms with Gasteiger partial charge in [0.05, 0.1) is 28.9 Å². The Balaban J connectivity index is 1.61. The van der Waals surface area contributed by atoms with Crippen molar-refractivity contribution in [1.82, 2.24) is 29.8 Å². The molecule has 1 aliphatic rings. The van der Waals surface area contributed by atoms with Gasteiger partial charge in [0.1, 0.15) is 12.3 Å². The molecule has 2 aromatic heterocycles. The largest absolute Gasteiger partial charge is 0.417 e. The Morgan fingerprint density at radius 3 is 2.82 bits per heavy atom. The Morgan fingerprint density at radius 1 is 1.36 bits per heavy atom. The molecule has 3 aromatic rings. The maximum atomic E-state index is 13.2. The van der Waals surface area contributed by atoms with Crippen LogP contribution in [-0.2, 0) is 10.9 Å². The fraction of sp³-hybridized carbons (Fsp3) is 0.389. The fourth-order valence-electron chi connectivity index (χ4n) is 3.50. The molecule has 176 valence electrons. The molecule has 3 N–H and O–H groups in total. The fourth-order valence-corrected chi connectivity index (χ4v) is 3.73. The van der Waals surface area contributed by atoms with Gasteiger partial charge in [-0.25, -0.2) is 4.79 Å². The summed E-state index contributed by atoms with van der Waals surface area (Å²) in [5.74, 6) is -0.0110. The number of aromatic amines is 1. The van der Waals surface area contributed by atoms with Crippen molar-refractivity contribution in [2.24, 2.45) is 0 Å². The summed E-state index contributed by atoms with van der Waals surface area (Å²) in [4.78, 5) is 26.0. The van der Waals surface area contributed by atoms with Gasteiger partial charge in [-0.2, -0.15) is 17.9 Å². The number of hydrogen-bond acceptors (Lipinski definition) is 8. The molecule has 3 heterocycles. The second-order valence-electron chi connectivity index (χ2n) is 7.35. The predicted molar refractivity (Wildman–Crippen MR) is 108 cm³/mol. The molecular weight excluding hydrogens is 471 g/mol. The van der Waals surface area contributed by atoms with Gasteiger partial charge in [0.15, 0.2) is 0 Å². The molecular formula is C18H17ClF3N7O4. The number of ether oxygens (including phenoxy) is 1. The lowest BCUT2D eigenvalue weighted by Gasteiger charge is -2.18. The SMILES string of the molecule is Cc1cn([C@H]2C[C@H](Nc3nnnn3-c3ccc(Cl)c(C(F)(F)F)c3)[C@@H](CO)O2)c(=O)[nH]c1=O. The zero-order valence-corrected chi connectivity index (χ0v) is 17.6. The first-order chi connectivity index (χ1) is 15.6. The number of nitrogens with one attached hydrogen (secondary N) is 2. The molecule has 0 aliphatic carbocycles. The molecule has 1 saturated heterocycles. The average Bonchev–Trinajstić information content (AvgIpc) is 3.37. The van der Waals surface area contributed by atoms with Crippen LogP contribution >= 0.6 is 11.6 Å². The van der Waals surface area contributed by atoms with Crippen molar-refractivity contribution in [3.05, 3.63) is 61.4 Å². The van der Waals surface area contributed by atoms with E-state index >= 15 is 0 Å². The molecule has 4 rings (SSSR count). The number of hydrogen-bond donors (Lipinski definition) is 3. The van der Waals surface area contributed by atoms with Crippen LogP contribution < -0.4 is 16.6 Å². The lowest BCUT2D eigenvalue weighted by molar-refractivity contribution is -0.137. The van der Waals surface area contributed by atoms with E-state index in [9.17, 15) is 27.9 Å². The molecule has 1 aliphatic heterocycles. The van der Waals surface area contributed by atoms with Gasteiger partial charge in [0, 0.05) is 18.2 Å². The Hall–Kier alpha value is -3.23. The molecule has 0 saturated carbocycles. The van der Waals surface area contributed by atoms with Gasteiger partial charge >= 0.3 is 11.9 Å². The smallest absolute Gasteiger partial charge is 0.394 e. The minimum absolute atomic E-state index is 0.00252. The number of aromatic nitrogens is 6. The van der Waals surface area contributed by atoms with Crippen LogP contribution in [0.5, 0.6) is 0 Å². The molecule has 1 aromatic carbocycles. The van der Waals surface area contributed by atoms with E-state index < -0.39 is 53.0 Å². The first-order valence-corrected chi connectivity index (χ1v) is 9.96. The van der Waals surface area contributed by atoms with Crippen LogP contribution in [0, 0.1) is 6.92 Å². The Kier molecular flexibility index (Phi) is 5.99. The highest BCUT2D eigenvalue weighted by molar-refractivity contribution is 6.31.